The number of nitrogens with zero attached hydrogens (tertiary/aromatic N) is 1. The Morgan fingerprint density at radius 3 is 2.65 bits per heavy atom. The Kier molecular flexibility index (Phi) is 3.10. The van der Waals surface area contributed by atoms with Gasteiger partial charge in [-0.3, -0.25) is 0 Å². The van der Waals surface area contributed by atoms with Gasteiger partial charge in [-0.25, -0.2) is 4.79 Å². The Balaban J connectivity index is 2.07. The normalized spacial score (nSPS) is 33.4. The van der Waals surface area contributed by atoms with E-state index in [-0.39, 0.29) is 17.7 Å². The maximum absolute atomic E-state index is 12.2. The molecule has 0 bridgehead atoms. The summed E-state index contributed by atoms with van der Waals surface area (Å²) in [7, 11) is 0. The third-order valence-corrected chi connectivity index (χ3v) is 3.83. The minimum absolute atomic E-state index is 0.00174. The number of carbonyl (C=O) groups is 1. The molecule has 1 spiro atoms. The van der Waals surface area contributed by atoms with Gasteiger partial charge in [0.2, 0.25) is 0 Å². The van der Waals surface area contributed by atoms with Gasteiger partial charge >= 0.3 is 6.09 Å². The molecule has 1 aliphatic heterocycles. The number of hydrogen-bond donors (Lipinski definition) is 1. The molecule has 0 aromatic heterocycles. The summed E-state index contributed by atoms with van der Waals surface area (Å²) in [5.41, 5.74) is 5.59. The summed E-state index contributed by atoms with van der Waals surface area (Å²) in [6.45, 7) is 6.55. The first-order valence-electron chi connectivity index (χ1n) is 6.59. The lowest BCUT2D eigenvalue weighted by atomic mass is 9.94. The van der Waals surface area contributed by atoms with Crippen LogP contribution in [0.3, 0.4) is 0 Å². The van der Waals surface area contributed by atoms with Crippen molar-refractivity contribution in [2.24, 2.45) is 5.73 Å². The Labute approximate surface area is 103 Å². The SMILES string of the molecule is CC(C)(C)OC(=O)N1CCC[C@@]12CC[C@H](N)C2. The molecule has 2 aliphatic rings. The number of amides is 1. The van der Waals surface area contributed by atoms with E-state index in [1.165, 1.54) is 0 Å². The van der Waals surface area contributed by atoms with Crippen LogP contribution < -0.4 is 5.73 Å². The quantitative estimate of drug-likeness (QED) is 0.706. The molecule has 0 aromatic carbocycles. The van der Waals surface area contributed by atoms with Crippen LogP contribution in [-0.4, -0.2) is 34.7 Å². The Morgan fingerprint density at radius 1 is 1.41 bits per heavy atom. The Bertz CT molecular complexity index is 311. The van der Waals surface area contributed by atoms with Crippen LogP contribution in [0.2, 0.25) is 0 Å². The lowest BCUT2D eigenvalue weighted by molar-refractivity contribution is 0.00864. The summed E-state index contributed by atoms with van der Waals surface area (Å²) >= 11 is 0. The molecule has 2 rings (SSSR count). The lowest BCUT2D eigenvalue weighted by Gasteiger charge is -2.36. The van der Waals surface area contributed by atoms with Gasteiger partial charge in [0, 0.05) is 18.1 Å². The fourth-order valence-electron chi connectivity index (χ4n) is 3.16. The van der Waals surface area contributed by atoms with Gasteiger partial charge in [-0.2, -0.15) is 0 Å². The van der Waals surface area contributed by atoms with E-state index in [4.69, 9.17) is 10.5 Å². The van der Waals surface area contributed by atoms with Crippen LogP contribution in [0.1, 0.15) is 52.9 Å². The molecule has 98 valence electrons. The first-order chi connectivity index (χ1) is 7.82. The highest BCUT2D eigenvalue weighted by atomic mass is 16.6. The Hall–Kier alpha value is -0.770. The molecule has 0 unspecified atom stereocenters. The second-order valence-electron chi connectivity index (χ2n) is 6.46. The van der Waals surface area contributed by atoms with Crippen molar-refractivity contribution >= 4 is 6.09 Å². The van der Waals surface area contributed by atoms with Crippen molar-refractivity contribution < 1.29 is 9.53 Å². The predicted molar refractivity (Wildman–Crippen MR) is 66.7 cm³/mol. The average Bonchev–Trinajstić information content (AvgIpc) is 2.72. The molecule has 0 radical (unpaired) electrons. The molecule has 1 saturated heterocycles. The van der Waals surface area contributed by atoms with Crippen LogP contribution in [0.15, 0.2) is 0 Å². The van der Waals surface area contributed by atoms with Crippen LogP contribution in [0, 0.1) is 0 Å². The topological polar surface area (TPSA) is 55.6 Å². The number of hydrogen-bond acceptors (Lipinski definition) is 3. The highest BCUT2D eigenvalue weighted by molar-refractivity contribution is 5.69. The highest BCUT2D eigenvalue weighted by Gasteiger charge is 2.48. The first-order valence-corrected chi connectivity index (χ1v) is 6.59. The zero-order valence-electron chi connectivity index (χ0n) is 11.2. The third kappa shape index (κ3) is 2.57. The zero-order chi connectivity index (χ0) is 12.7. The number of carbonyl (C=O) groups excluding carboxylic acids is 1. The van der Waals surface area contributed by atoms with Crippen molar-refractivity contribution in [3.05, 3.63) is 0 Å². The van der Waals surface area contributed by atoms with Crippen molar-refractivity contribution in [2.75, 3.05) is 6.54 Å². The van der Waals surface area contributed by atoms with Gasteiger partial charge in [-0.1, -0.05) is 0 Å². The van der Waals surface area contributed by atoms with Crippen LogP contribution in [-0.2, 0) is 4.74 Å². The van der Waals surface area contributed by atoms with Crippen molar-refractivity contribution in [3.63, 3.8) is 0 Å². The first kappa shape index (κ1) is 12.7. The molecule has 2 fully saturated rings. The number of rotatable bonds is 0. The van der Waals surface area contributed by atoms with Crippen LogP contribution in [0.25, 0.3) is 0 Å². The van der Waals surface area contributed by atoms with Gasteiger partial charge < -0.3 is 15.4 Å². The molecule has 2 atom stereocenters. The minimum atomic E-state index is -0.415. The molecular formula is C13H24N2O2. The van der Waals surface area contributed by atoms with E-state index in [0.29, 0.717) is 0 Å². The van der Waals surface area contributed by atoms with Crippen LogP contribution in [0.5, 0.6) is 0 Å². The van der Waals surface area contributed by atoms with E-state index in [2.05, 4.69) is 0 Å². The standard InChI is InChI=1S/C13H24N2O2/c1-12(2,3)17-11(16)15-8-4-6-13(15)7-5-10(14)9-13/h10H,4-9,14H2,1-3H3/t10-,13-/m0/s1. The van der Waals surface area contributed by atoms with E-state index in [0.717, 1.165) is 38.6 Å². The predicted octanol–water partition coefficient (Wildman–Crippen LogP) is 2.27. The largest absolute Gasteiger partial charge is 0.444 e. The molecular weight excluding hydrogens is 216 g/mol. The summed E-state index contributed by atoms with van der Waals surface area (Å²) in [6.07, 6.45) is 4.99. The maximum atomic E-state index is 12.2. The van der Waals surface area contributed by atoms with Crippen molar-refractivity contribution in [1.29, 1.82) is 0 Å². The smallest absolute Gasteiger partial charge is 0.410 e. The third-order valence-electron chi connectivity index (χ3n) is 3.83. The van der Waals surface area contributed by atoms with Gasteiger partial charge in [0.1, 0.15) is 5.60 Å². The van der Waals surface area contributed by atoms with Gasteiger partial charge in [0.15, 0.2) is 0 Å². The second kappa shape index (κ2) is 4.16. The number of ether oxygens (including phenoxy) is 1. The van der Waals surface area contributed by atoms with Gasteiger partial charge in [-0.05, 0) is 52.9 Å². The maximum Gasteiger partial charge on any atom is 0.410 e. The van der Waals surface area contributed by atoms with E-state index in [9.17, 15) is 4.79 Å². The van der Waals surface area contributed by atoms with E-state index < -0.39 is 5.60 Å². The molecule has 1 amide bonds. The number of likely N-dealkylation sites (tertiary alicyclic amines) is 1. The fraction of sp³-hybridized carbons (Fsp3) is 0.923. The average molecular weight is 240 g/mol. The van der Waals surface area contributed by atoms with E-state index >= 15 is 0 Å². The molecule has 1 aliphatic carbocycles. The molecule has 4 nitrogen and oxygen atoms in total. The van der Waals surface area contributed by atoms with E-state index in [1.807, 2.05) is 25.7 Å². The zero-order valence-corrected chi connectivity index (χ0v) is 11.2. The summed E-state index contributed by atoms with van der Waals surface area (Å²) < 4.78 is 5.49. The van der Waals surface area contributed by atoms with Crippen LogP contribution in [0.4, 0.5) is 4.79 Å². The summed E-state index contributed by atoms with van der Waals surface area (Å²) in [6, 6.07) is 0.248. The monoisotopic (exact) mass is 240 g/mol. The molecule has 4 heteroatoms. The molecule has 0 aromatic rings. The minimum Gasteiger partial charge on any atom is -0.444 e. The summed E-state index contributed by atoms with van der Waals surface area (Å²) in [4.78, 5) is 14.1. The summed E-state index contributed by atoms with van der Waals surface area (Å²) in [5, 5.41) is 0. The van der Waals surface area contributed by atoms with Gasteiger partial charge in [0.25, 0.3) is 0 Å². The molecule has 17 heavy (non-hydrogen) atoms. The highest BCUT2D eigenvalue weighted by Crippen LogP contribution is 2.43. The van der Waals surface area contributed by atoms with Crippen LogP contribution >= 0.6 is 0 Å². The van der Waals surface area contributed by atoms with Crippen molar-refractivity contribution in [2.45, 2.75) is 70.1 Å². The fourth-order valence-corrected chi connectivity index (χ4v) is 3.16. The molecule has 1 saturated carbocycles. The van der Waals surface area contributed by atoms with Crippen molar-refractivity contribution in [1.82, 2.24) is 4.90 Å². The van der Waals surface area contributed by atoms with Gasteiger partial charge in [-0.15, -0.1) is 0 Å². The summed E-state index contributed by atoms with van der Waals surface area (Å²) in [5.74, 6) is 0. The lowest BCUT2D eigenvalue weighted by Crippen LogP contribution is -2.48. The molecule has 1 heterocycles. The number of nitrogens with two attached hydrogens (primary N) is 1. The van der Waals surface area contributed by atoms with Gasteiger partial charge in [0.05, 0.1) is 0 Å². The van der Waals surface area contributed by atoms with E-state index in [1.54, 1.807) is 0 Å². The van der Waals surface area contributed by atoms with Crippen molar-refractivity contribution in [3.8, 4) is 0 Å². The Morgan fingerprint density at radius 2 is 2.12 bits per heavy atom. The second-order valence-corrected chi connectivity index (χ2v) is 6.46. The molecule has 2 N–H and O–H groups in total.